The summed E-state index contributed by atoms with van der Waals surface area (Å²) >= 11 is 5.97. The van der Waals surface area contributed by atoms with Gasteiger partial charge in [0.05, 0.1) is 0 Å². The van der Waals surface area contributed by atoms with Gasteiger partial charge in [0.1, 0.15) is 29.6 Å². The van der Waals surface area contributed by atoms with Crippen molar-refractivity contribution < 1.29 is 23.8 Å². The van der Waals surface area contributed by atoms with Crippen molar-refractivity contribution in [3.8, 4) is 5.75 Å². The van der Waals surface area contributed by atoms with Crippen LogP contribution in [0, 0.1) is 5.92 Å². The molecule has 1 unspecified atom stereocenters. The molecule has 1 N–H and O–H groups in total. The van der Waals surface area contributed by atoms with E-state index in [1.807, 2.05) is 20.8 Å². The summed E-state index contributed by atoms with van der Waals surface area (Å²) in [5.41, 5.74) is -0.645. The van der Waals surface area contributed by atoms with Crippen LogP contribution < -0.4 is 10.1 Å². The number of carbonyl (C=O) groups excluding carboxylic acids is 2. The van der Waals surface area contributed by atoms with Gasteiger partial charge in [0.15, 0.2) is 0 Å². The quantitative estimate of drug-likeness (QED) is 0.679. The summed E-state index contributed by atoms with van der Waals surface area (Å²) in [5, 5.41) is 3.05. The Kier molecular flexibility index (Phi) is 8.41. The van der Waals surface area contributed by atoms with E-state index in [2.05, 4.69) is 5.32 Å². The minimum atomic E-state index is -0.848. The van der Waals surface area contributed by atoms with Crippen molar-refractivity contribution in [1.29, 1.82) is 0 Å². The SMILES string of the molecule is CC(C)C(OC(=O)[C@H](C)NC(=O)OC(C)(C)C)[C@H](C)Oc1cccc(Cl)c1. The third-order valence-electron chi connectivity index (χ3n) is 3.58. The van der Waals surface area contributed by atoms with Crippen molar-refractivity contribution in [2.24, 2.45) is 5.92 Å². The minimum Gasteiger partial charge on any atom is -0.487 e. The maximum absolute atomic E-state index is 12.4. The van der Waals surface area contributed by atoms with Crippen molar-refractivity contribution in [2.45, 2.75) is 72.3 Å². The Morgan fingerprint density at radius 3 is 2.26 bits per heavy atom. The van der Waals surface area contributed by atoms with Gasteiger partial charge in [-0.15, -0.1) is 0 Å². The topological polar surface area (TPSA) is 73.9 Å². The molecule has 1 amide bonds. The van der Waals surface area contributed by atoms with Gasteiger partial charge in [0.2, 0.25) is 0 Å². The molecular weight excluding hydrogens is 370 g/mol. The van der Waals surface area contributed by atoms with E-state index in [0.29, 0.717) is 10.8 Å². The molecule has 0 saturated heterocycles. The van der Waals surface area contributed by atoms with Crippen LogP contribution in [-0.4, -0.2) is 35.9 Å². The summed E-state index contributed by atoms with van der Waals surface area (Å²) in [6, 6.07) is 6.17. The summed E-state index contributed by atoms with van der Waals surface area (Å²) in [5.74, 6) is 0.0505. The van der Waals surface area contributed by atoms with Gasteiger partial charge >= 0.3 is 12.1 Å². The van der Waals surface area contributed by atoms with E-state index in [9.17, 15) is 9.59 Å². The van der Waals surface area contributed by atoms with Crippen LogP contribution in [0.3, 0.4) is 0 Å². The number of benzene rings is 1. The van der Waals surface area contributed by atoms with Gasteiger partial charge in [-0.2, -0.15) is 0 Å². The van der Waals surface area contributed by atoms with Gasteiger partial charge in [0, 0.05) is 5.02 Å². The molecule has 0 heterocycles. The molecule has 7 heteroatoms. The lowest BCUT2D eigenvalue weighted by atomic mass is 10.0. The third kappa shape index (κ3) is 8.52. The van der Waals surface area contributed by atoms with Crippen LogP contribution in [0.2, 0.25) is 5.02 Å². The van der Waals surface area contributed by atoms with Crippen LogP contribution in [0.25, 0.3) is 0 Å². The molecule has 0 bridgehead atoms. The number of nitrogens with one attached hydrogen (secondary N) is 1. The van der Waals surface area contributed by atoms with E-state index in [-0.39, 0.29) is 5.92 Å². The minimum absolute atomic E-state index is 0.0110. The molecule has 27 heavy (non-hydrogen) atoms. The number of halogens is 1. The Morgan fingerprint density at radius 1 is 1.11 bits per heavy atom. The van der Waals surface area contributed by atoms with Crippen LogP contribution in [0.15, 0.2) is 24.3 Å². The summed E-state index contributed by atoms with van der Waals surface area (Å²) < 4.78 is 16.6. The molecule has 1 aromatic rings. The number of ether oxygens (including phenoxy) is 3. The number of alkyl carbamates (subject to hydrolysis) is 1. The van der Waals surface area contributed by atoms with Gasteiger partial charge in [-0.1, -0.05) is 31.5 Å². The van der Waals surface area contributed by atoms with E-state index in [0.717, 1.165) is 0 Å². The molecular formula is C20H30ClNO5. The molecule has 3 atom stereocenters. The smallest absolute Gasteiger partial charge is 0.408 e. The van der Waals surface area contributed by atoms with Crippen LogP contribution in [0.4, 0.5) is 4.79 Å². The molecule has 152 valence electrons. The van der Waals surface area contributed by atoms with Gasteiger partial charge in [-0.05, 0) is 58.7 Å². The Labute approximate surface area is 166 Å². The van der Waals surface area contributed by atoms with Gasteiger partial charge in [-0.3, -0.25) is 0 Å². The number of amides is 1. The highest BCUT2D eigenvalue weighted by atomic mass is 35.5. The molecule has 0 aliphatic rings. The monoisotopic (exact) mass is 399 g/mol. The van der Waals surface area contributed by atoms with Crippen LogP contribution in [0.5, 0.6) is 5.75 Å². The lowest BCUT2D eigenvalue weighted by Gasteiger charge is -2.29. The second-order valence-electron chi connectivity index (χ2n) is 7.79. The largest absolute Gasteiger partial charge is 0.487 e. The predicted octanol–water partition coefficient (Wildman–Crippen LogP) is 4.59. The first-order valence-corrected chi connectivity index (χ1v) is 9.39. The summed E-state index contributed by atoms with van der Waals surface area (Å²) in [7, 11) is 0. The fourth-order valence-electron chi connectivity index (χ4n) is 2.38. The van der Waals surface area contributed by atoms with E-state index in [4.69, 9.17) is 25.8 Å². The maximum Gasteiger partial charge on any atom is 0.408 e. The predicted molar refractivity (Wildman–Crippen MR) is 105 cm³/mol. The first-order chi connectivity index (χ1) is 12.4. The van der Waals surface area contributed by atoms with Gasteiger partial charge in [0.25, 0.3) is 0 Å². The lowest BCUT2D eigenvalue weighted by Crippen LogP contribution is -2.46. The second-order valence-corrected chi connectivity index (χ2v) is 8.23. The maximum atomic E-state index is 12.4. The molecule has 0 aliphatic heterocycles. The molecule has 0 radical (unpaired) electrons. The standard InChI is InChI=1S/C20H30ClNO5/c1-12(2)17(14(4)25-16-10-8-9-15(21)11-16)26-18(23)13(3)22-19(24)27-20(5,6)7/h8-14,17H,1-7H3,(H,22,24)/t13-,14-,17?/m0/s1. The van der Waals surface area contributed by atoms with Crippen molar-refractivity contribution in [2.75, 3.05) is 0 Å². The number of rotatable bonds is 7. The van der Waals surface area contributed by atoms with E-state index >= 15 is 0 Å². The first-order valence-electron chi connectivity index (χ1n) is 9.01. The van der Waals surface area contributed by atoms with Gasteiger partial charge < -0.3 is 19.5 Å². The lowest BCUT2D eigenvalue weighted by molar-refractivity contribution is -0.158. The number of esters is 1. The average molecular weight is 400 g/mol. The van der Waals surface area contributed by atoms with E-state index in [1.165, 1.54) is 0 Å². The summed E-state index contributed by atoms with van der Waals surface area (Å²) in [6.07, 6.45) is -1.57. The molecule has 0 spiro atoms. The number of hydrogen-bond donors (Lipinski definition) is 1. The first kappa shape index (κ1) is 23.1. The van der Waals surface area contributed by atoms with Crippen molar-refractivity contribution in [3.05, 3.63) is 29.3 Å². The molecule has 0 fully saturated rings. The highest BCUT2D eigenvalue weighted by molar-refractivity contribution is 6.30. The zero-order valence-corrected chi connectivity index (χ0v) is 17.8. The fraction of sp³-hybridized carbons (Fsp3) is 0.600. The summed E-state index contributed by atoms with van der Waals surface area (Å²) in [6.45, 7) is 12.5. The molecule has 1 rings (SSSR count). The Hall–Kier alpha value is -1.95. The molecule has 6 nitrogen and oxygen atoms in total. The van der Waals surface area contributed by atoms with Crippen LogP contribution in [0.1, 0.15) is 48.5 Å². The third-order valence-corrected chi connectivity index (χ3v) is 3.81. The summed E-state index contributed by atoms with van der Waals surface area (Å²) in [4.78, 5) is 24.2. The second kappa shape index (κ2) is 9.83. The van der Waals surface area contributed by atoms with Crippen molar-refractivity contribution >= 4 is 23.7 Å². The zero-order chi connectivity index (χ0) is 20.8. The van der Waals surface area contributed by atoms with Gasteiger partial charge in [-0.25, -0.2) is 9.59 Å². The number of carbonyl (C=O) groups is 2. The highest BCUT2D eigenvalue weighted by Gasteiger charge is 2.30. The molecule has 0 aliphatic carbocycles. The Bertz CT molecular complexity index is 642. The normalized spacial score (nSPS) is 14.9. The fourth-order valence-corrected chi connectivity index (χ4v) is 2.56. The molecule has 1 aromatic carbocycles. The Morgan fingerprint density at radius 2 is 1.74 bits per heavy atom. The van der Waals surface area contributed by atoms with Crippen LogP contribution >= 0.6 is 11.6 Å². The number of hydrogen-bond acceptors (Lipinski definition) is 5. The highest BCUT2D eigenvalue weighted by Crippen LogP contribution is 2.22. The molecule has 0 aromatic heterocycles. The zero-order valence-electron chi connectivity index (χ0n) is 17.0. The van der Waals surface area contributed by atoms with Crippen molar-refractivity contribution in [3.63, 3.8) is 0 Å². The van der Waals surface area contributed by atoms with E-state index < -0.39 is 35.9 Å². The molecule has 0 saturated carbocycles. The van der Waals surface area contributed by atoms with E-state index in [1.54, 1.807) is 52.0 Å². The average Bonchev–Trinajstić information content (AvgIpc) is 2.49. The van der Waals surface area contributed by atoms with Crippen LogP contribution in [-0.2, 0) is 14.3 Å². The Balaban J connectivity index is 2.69. The van der Waals surface area contributed by atoms with Crippen molar-refractivity contribution in [1.82, 2.24) is 5.32 Å².